The predicted molar refractivity (Wildman–Crippen MR) is 111 cm³/mol. The van der Waals surface area contributed by atoms with E-state index in [1.807, 2.05) is 31.2 Å². The predicted octanol–water partition coefficient (Wildman–Crippen LogP) is 2.52. The Kier molecular flexibility index (Phi) is 5.38. The van der Waals surface area contributed by atoms with Crippen molar-refractivity contribution in [2.45, 2.75) is 20.0 Å². The van der Waals surface area contributed by atoms with E-state index in [2.05, 4.69) is 15.4 Å². The lowest BCUT2D eigenvalue weighted by atomic mass is 10.1. The average Bonchev–Trinajstić information content (AvgIpc) is 3.15. The summed E-state index contributed by atoms with van der Waals surface area (Å²) < 4.78 is 16.4. The normalized spacial score (nSPS) is 11.0. The molecule has 2 aromatic heterocycles. The van der Waals surface area contributed by atoms with E-state index in [-0.39, 0.29) is 23.6 Å². The minimum absolute atomic E-state index is 0.171. The molecule has 0 saturated heterocycles. The van der Waals surface area contributed by atoms with Crippen molar-refractivity contribution in [3.05, 3.63) is 93.9 Å². The van der Waals surface area contributed by atoms with Crippen molar-refractivity contribution < 1.29 is 9.18 Å². The molecular weight excluding hydrogens is 385 g/mol. The largest absolute Gasteiger partial charge is 0.350 e. The molecule has 1 N–H and O–H groups in total. The number of hydrogen-bond donors (Lipinski definition) is 1. The number of benzene rings is 2. The lowest BCUT2D eigenvalue weighted by molar-refractivity contribution is 0.0951. The summed E-state index contributed by atoms with van der Waals surface area (Å²) in [5.74, 6) is -0.841. The summed E-state index contributed by atoms with van der Waals surface area (Å²) in [7, 11) is 0. The molecule has 1 amide bonds. The van der Waals surface area contributed by atoms with Crippen LogP contribution in [-0.2, 0) is 13.1 Å². The van der Waals surface area contributed by atoms with Gasteiger partial charge in [-0.15, -0.1) is 0 Å². The molecule has 0 aliphatic heterocycles. The molecule has 7 nitrogen and oxygen atoms in total. The maximum Gasteiger partial charge on any atom is 0.264 e. The molecule has 0 unspecified atom stereocenters. The van der Waals surface area contributed by atoms with Crippen LogP contribution in [-0.4, -0.2) is 31.8 Å². The highest BCUT2D eigenvalue weighted by Crippen LogP contribution is 2.08. The smallest absolute Gasteiger partial charge is 0.264 e. The Morgan fingerprint density at radius 3 is 2.73 bits per heavy atom. The fraction of sp³-hybridized carbons (Fsp3) is 0.182. The number of fused-ring (bicyclic) bond motifs is 1. The van der Waals surface area contributed by atoms with E-state index in [1.54, 1.807) is 15.3 Å². The summed E-state index contributed by atoms with van der Waals surface area (Å²) in [6, 6.07) is 13.5. The van der Waals surface area contributed by atoms with Crippen LogP contribution in [0.2, 0.25) is 0 Å². The summed E-state index contributed by atoms with van der Waals surface area (Å²) in [6.07, 6.45) is 3.00. The maximum absolute atomic E-state index is 13.2. The van der Waals surface area contributed by atoms with Crippen LogP contribution in [0.4, 0.5) is 4.39 Å². The van der Waals surface area contributed by atoms with Crippen LogP contribution in [0.5, 0.6) is 0 Å². The van der Waals surface area contributed by atoms with Gasteiger partial charge in [-0.3, -0.25) is 14.2 Å². The molecule has 0 saturated carbocycles. The Bertz CT molecular complexity index is 1260. The molecular formula is C22H20FN5O2. The summed E-state index contributed by atoms with van der Waals surface area (Å²) in [4.78, 5) is 29.3. The molecule has 0 bridgehead atoms. The number of amides is 1. The summed E-state index contributed by atoms with van der Waals surface area (Å²) >= 11 is 0. The number of halogens is 1. The number of hydrogen-bond acceptors (Lipinski definition) is 4. The van der Waals surface area contributed by atoms with Gasteiger partial charge in [0.25, 0.3) is 11.5 Å². The highest BCUT2D eigenvalue weighted by molar-refractivity contribution is 5.94. The van der Waals surface area contributed by atoms with E-state index in [1.165, 1.54) is 30.7 Å². The van der Waals surface area contributed by atoms with E-state index < -0.39 is 5.82 Å². The molecule has 4 rings (SSSR count). The van der Waals surface area contributed by atoms with Gasteiger partial charge < -0.3 is 5.32 Å². The van der Waals surface area contributed by atoms with Crippen LogP contribution in [0.1, 0.15) is 21.5 Å². The molecule has 0 aliphatic carbocycles. The standard InChI is InChI=1S/C22H20FN5O2/c1-15-5-7-16(8-6-15)13-27-14-25-20-19(22(27)30)12-26-28(20)10-9-24-21(29)17-3-2-4-18(23)11-17/h2-8,11-12,14H,9-10,13H2,1H3,(H,24,29). The first-order valence-electron chi connectivity index (χ1n) is 9.51. The third-order valence-electron chi connectivity index (χ3n) is 4.79. The second-order valence-corrected chi connectivity index (χ2v) is 7.03. The SMILES string of the molecule is Cc1ccc(Cn2cnc3c(cnn3CCNC(=O)c3cccc(F)c3)c2=O)cc1. The quantitative estimate of drug-likeness (QED) is 0.534. The van der Waals surface area contributed by atoms with Crippen LogP contribution in [0.15, 0.2) is 65.8 Å². The third-order valence-corrected chi connectivity index (χ3v) is 4.79. The average molecular weight is 405 g/mol. The number of aromatic nitrogens is 4. The van der Waals surface area contributed by atoms with Gasteiger partial charge in [-0.1, -0.05) is 35.9 Å². The molecule has 2 aromatic carbocycles. The van der Waals surface area contributed by atoms with Crippen LogP contribution in [0, 0.1) is 12.7 Å². The van der Waals surface area contributed by atoms with Gasteiger partial charge in [-0.2, -0.15) is 5.10 Å². The number of nitrogens with one attached hydrogen (secondary N) is 1. The Morgan fingerprint density at radius 2 is 1.97 bits per heavy atom. The molecule has 2 heterocycles. The highest BCUT2D eigenvalue weighted by Gasteiger charge is 2.11. The fourth-order valence-corrected chi connectivity index (χ4v) is 3.17. The van der Waals surface area contributed by atoms with Gasteiger partial charge in [0.2, 0.25) is 0 Å². The van der Waals surface area contributed by atoms with Crippen molar-refractivity contribution in [1.82, 2.24) is 24.6 Å². The summed E-state index contributed by atoms with van der Waals surface area (Å²) in [5, 5.41) is 7.36. The van der Waals surface area contributed by atoms with E-state index in [4.69, 9.17) is 0 Å². The van der Waals surface area contributed by atoms with Crippen molar-refractivity contribution >= 4 is 16.9 Å². The van der Waals surface area contributed by atoms with E-state index in [0.717, 1.165) is 11.1 Å². The molecule has 4 aromatic rings. The molecule has 30 heavy (non-hydrogen) atoms. The highest BCUT2D eigenvalue weighted by atomic mass is 19.1. The first-order valence-corrected chi connectivity index (χ1v) is 9.51. The Hall–Kier alpha value is -3.81. The second-order valence-electron chi connectivity index (χ2n) is 7.03. The van der Waals surface area contributed by atoms with Crippen molar-refractivity contribution in [1.29, 1.82) is 0 Å². The first-order chi connectivity index (χ1) is 14.5. The van der Waals surface area contributed by atoms with E-state index >= 15 is 0 Å². The van der Waals surface area contributed by atoms with Crippen LogP contribution in [0.25, 0.3) is 11.0 Å². The zero-order valence-corrected chi connectivity index (χ0v) is 16.4. The number of rotatable bonds is 6. The van der Waals surface area contributed by atoms with Gasteiger partial charge in [0, 0.05) is 12.1 Å². The Morgan fingerprint density at radius 1 is 1.17 bits per heavy atom. The molecule has 8 heteroatoms. The van der Waals surface area contributed by atoms with Gasteiger partial charge >= 0.3 is 0 Å². The number of carbonyl (C=O) groups is 1. The van der Waals surface area contributed by atoms with Crippen LogP contribution in [0.3, 0.4) is 0 Å². The zero-order chi connectivity index (χ0) is 21.1. The molecule has 0 spiro atoms. The Labute approximate surface area is 171 Å². The Balaban J connectivity index is 1.45. The van der Waals surface area contributed by atoms with Gasteiger partial charge in [0.05, 0.1) is 19.3 Å². The monoisotopic (exact) mass is 405 g/mol. The summed E-state index contributed by atoms with van der Waals surface area (Å²) in [6.45, 7) is 3.04. The van der Waals surface area contributed by atoms with Crippen LogP contribution >= 0.6 is 0 Å². The lowest BCUT2D eigenvalue weighted by Crippen LogP contribution is -2.28. The van der Waals surface area contributed by atoms with Crippen molar-refractivity contribution in [2.24, 2.45) is 0 Å². The lowest BCUT2D eigenvalue weighted by Gasteiger charge is -2.08. The number of aryl methyl sites for hydroxylation is 1. The summed E-state index contributed by atoms with van der Waals surface area (Å²) in [5.41, 5.74) is 2.70. The van der Waals surface area contributed by atoms with Crippen molar-refractivity contribution in [3.63, 3.8) is 0 Å². The topological polar surface area (TPSA) is 81.8 Å². The molecule has 0 radical (unpaired) electrons. The van der Waals surface area contributed by atoms with Crippen LogP contribution < -0.4 is 10.9 Å². The number of carbonyl (C=O) groups excluding carboxylic acids is 1. The minimum atomic E-state index is -0.466. The third kappa shape index (κ3) is 4.12. The van der Waals surface area contributed by atoms with E-state index in [0.29, 0.717) is 24.1 Å². The van der Waals surface area contributed by atoms with Gasteiger partial charge in [0.1, 0.15) is 17.5 Å². The first kappa shape index (κ1) is 19.5. The van der Waals surface area contributed by atoms with Gasteiger partial charge in [-0.05, 0) is 30.7 Å². The fourth-order valence-electron chi connectivity index (χ4n) is 3.17. The van der Waals surface area contributed by atoms with Gasteiger partial charge in [0.15, 0.2) is 5.65 Å². The van der Waals surface area contributed by atoms with Gasteiger partial charge in [-0.25, -0.2) is 14.1 Å². The molecule has 152 valence electrons. The molecule has 0 aliphatic rings. The zero-order valence-electron chi connectivity index (χ0n) is 16.4. The molecule has 0 atom stereocenters. The maximum atomic E-state index is 13.2. The van der Waals surface area contributed by atoms with E-state index in [9.17, 15) is 14.0 Å². The van der Waals surface area contributed by atoms with Crippen molar-refractivity contribution in [2.75, 3.05) is 6.54 Å². The number of nitrogens with zero attached hydrogens (tertiary/aromatic N) is 4. The molecule has 0 fully saturated rings. The van der Waals surface area contributed by atoms with Crippen molar-refractivity contribution in [3.8, 4) is 0 Å². The second kappa shape index (κ2) is 8.28. The minimum Gasteiger partial charge on any atom is -0.350 e.